The van der Waals surface area contributed by atoms with E-state index in [1.807, 2.05) is 0 Å². The highest BCUT2D eigenvalue weighted by molar-refractivity contribution is 9.10. The van der Waals surface area contributed by atoms with Gasteiger partial charge in [-0.05, 0) is 67.9 Å². The number of benzene rings is 2. The zero-order valence-corrected chi connectivity index (χ0v) is 19.8. The molecule has 0 aliphatic carbocycles. The lowest BCUT2D eigenvalue weighted by molar-refractivity contribution is -0.137. The third-order valence-electron chi connectivity index (χ3n) is 4.82. The first-order valence-corrected chi connectivity index (χ1v) is 11.8. The summed E-state index contributed by atoms with van der Waals surface area (Å²) in [5, 5.41) is 2.31. The fourth-order valence-corrected chi connectivity index (χ4v) is 5.10. The fraction of sp³-hybridized carbons (Fsp3) is 0.182. The van der Waals surface area contributed by atoms with Crippen molar-refractivity contribution in [1.82, 2.24) is 4.57 Å². The first-order valence-electron chi connectivity index (χ1n) is 9.49. The lowest BCUT2D eigenvalue weighted by atomic mass is 10.2. The molecule has 11 heteroatoms. The number of sulfone groups is 1. The topological polar surface area (TPSA) is 85.2 Å². The monoisotopic (exact) mass is 542 g/mol. The molecule has 0 spiro atoms. The third kappa shape index (κ3) is 5.36. The van der Waals surface area contributed by atoms with Crippen molar-refractivity contribution in [2.45, 2.75) is 36.4 Å². The summed E-state index contributed by atoms with van der Waals surface area (Å²) >= 11 is 3.22. The van der Waals surface area contributed by atoms with Crippen LogP contribution in [0.25, 0.3) is 0 Å². The molecule has 2 aromatic carbocycles. The number of nitrogens with zero attached hydrogens (tertiary/aromatic N) is 1. The number of hydrogen-bond donors (Lipinski definition) is 1. The highest BCUT2D eigenvalue weighted by Crippen LogP contribution is 2.30. The van der Waals surface area contributed by atoms with Crippen LogP contribution in [0.5, 0.6) is 0 Å². The largest absolute Gasteiger partial charge is 0.416 e. The van der Waals surface area contributed by atoms with E-state index in [9.17, 15) is 31.2 Å². The van der Waals surface area contributed by atoms with E-state index in [1.165, 1.54) is 50.2 Å². The van der Waals surface area contributed by atoms with Crippen molar-refractivity contribution in [2.75, 3.05) is 5.32 Å². The predicted molar refractivity (Wildman–Crippen MR) is 120 cm³/mol. The van der Waals surface area contributed by atoms with Gasteiger partial charge < -0.3 is 9.88 Å². The van der Waals surface area contributed by atoms with Crippen LogP contribution in [-0.2, 0) is 27.4 Å². The number of halogens is 4. The Kier molecular flexibility index (Phi) is 6.85. The average molecular weight is 543 g/mol. The average Bonchev–Trinajstić information content (AvgIpc) is 2.70. The van der Waals surface area contributed by atoms with Gasteiger partial charge >= 0.3 is 6.18 Å². The Morgan fingerprint density at radius 2 is 1.70 bits per heavy atom. The minimum atomic E-state index is -4.58. The molecule has 0 fully saturated rings. The quantitative estimate of drug-likeness (QED) is 0.505. The van der Waals surface area contributed by atoms with Gasteiger partial charge in [-0.3, -0.25) is 9.59 Å². The van der Waals surface area contributed by atoms with E-state index in [-0.39, 0.29) is 16.1 Å². The molecule has 0 atom stereocenters. The van der Waals surface area contributed by atoms with E-state index in [1.54, 1.807) is 0 Å². The van der Waals surface area contributed by atoms with Crippen molar-refractivity contribution in [2.24, 2.45) is 0 Å². The number of anilines is 1. The van der Waals surface area contributed by atoms with Crippen LogP contribution in [0.2, 0.25) is 0 Å². The molecule has 6 nitrogen and oxygen atoms in total. The van der Waals surface area contributed by atoms with Crippen molar-refractivity contribution in [3.8, 4) is 0 Å². The summed E-state index contributed by atoms with van der Waals surface area (Å²) in [6.45, 7) is 2.43. The van der Waals surface area contributed by atoms with Crippen LogP contribution in [0, 0.1) is 13.8 Å². The van der Waals surface area contributed by atoms with E-state index in [4.69, 9.17) is 0 Å². The summed E-state index contributed by atoms with van der Waals surface area (Å²) in [6, 6.07) is 11.3. The van der Waals surface area contributed by atoms with Gasteiger partial charge in [0.1, 0.15) is 11.4 Å². The van der Waals surface area contributed by atoms with Crippen molar-refractivity contribution < 1.29 is 26.4 Å². The molecular weight excluding hydrogens is 525 g/mol. The first-order chi connectivity index (χ1) is 15.3. The minimum absolute atomic E-state index is 0.0882. The maximum absolute atomic E-state index is 13.1. The number of carbonyl (C=O) groups is 1. The predicted octanol–water partition coefficient (Wildman–Crippen LogP) is 4.72. The number of aromatic nitrogens is 1. The molecule has 0 saturated carbocycles. The molecule has 33 heavy (non-hydrogen) atoms. The molecule has 1 heterocycles. The Morgan fingerprint density at radius 1 is 1.06 bits per heavy atom. The molecule has 3 rings (SSSR count). The molecule has 0 unspecified atom stereocenters. The molecule has 3 aromatic rings. The number of nitrogens with one attached hydrogen (secondary N) is 1. The third-order valence-corrected chi connectivity index (χ3v) is 7.27. The number of amides is 1. The molecule has 174 valence electrons. The molecule has 0 radical (unpaired) electrons. The van der Waals surface area contributed by atoms with Crippen LogP contribution in [0.15, 0.2) is 73.7 Å². The Bertz CT molecular complexity index is 1380. The van der Waals surface area contributed by atoms with E-state index in [0.717, 1.165) is 22.8 Å². The molecule has 0 bridgehead atoms. The first kappa shape index (κ1) is 24.7. The molecular formula is C22H18BrF3N2O4S. The molecule has 1 aromatic heterocycles. The zero-order valence-electron chi connectivity index (χ0n) is 17.4. The molecule has 0 aliphatic heterocycles. The SMILES string of the molecule is Cc1cc(C)n(CC(=O)Nc2cccc(C(F)(F)F)c2)c(=O)c1S(=O)(=O)c1ccc(Br)cc1. The summed E-state index contributed by atoms with van der Waals surface area (Å²) < 4.78 is 66.6. The van der Waals surface area contributed by atoms with Gasteiger partial charge in [-0.15, -0.1) is 0 Å². The van der Waals surface area contributed by atoms with Crippen LogP contribution >= 0.6 is 15.9 Å². The minimum Gasteiger partial charge on any atom is -0.325 e. The molecule has 1 N–H and O–H groups in total. The smallest absolute Gasteiger partial charge is 0.325 e. The molecule has 0 aliphatic rings. The second kappa shape index (κ2) is 9.14. The van der Waals surface area contributed by atoms with Crippen LogP contribution < -0.4 is 10.9 Å². The van der Waals surface area contributed by atoms with Crippen LogP contribution in [0.4, 0.5) is 18.9 Å². The van der Waals surface area contributed by atoms with E-state index >= 15 is 0 Å². The highest BCUT2D eigenvalue weighted by atomic mass is 79.9. The van der Waals surface area contributed by atoms with Gasteiger partial charge in [-0.25, -0.2) is 8.42 Å². The summed E-state index contributed by atoms with van der Waals surface area (Å²) in [4.78, 5) is 25.1. The molecule has 1 amide bonds. The standard InChI is InChI=1S/C22H18BrF3N2O4S/c1-13-10-14(2)28(12-19(29)27-17-5-3-4-15(11-17)22(24,25)26)21(30)20(13)33(31,32)18-8-6-16(23)7-9-18/h3-11H,12H2,1-2H3,(H,27,29). The lowest BCUT2D eigenvalue weighted by Crippen LogP contribution is -2.33. The maximum Gasteiger partial charge on any atom is 0.416 e. The Hall–Kier alpha value is -2.92. The van der Waals surface area contributed by atoms with Gasteiger partial charge in [0.2, 0.25) is 15.7 Å². The van der Waals surface area contributed by atoms with E-state index in [2.05, 4.69) is 21.2 Å². The van der Waals surface area contributed by atoms with Crippen LogP contribution in [-0.4, -0.2) is 18.9 Å². The van der Waals surface area contributed by atoms with Crippen molar-refractivity contribution in [1.29, 1.82) is 0 Å². The second-order valence-electron chi connectivity index (χ2n) is 7.27. The van der Waals surface area contributed by atoms with Crippen LogP contribution in [0.3, 0.4) is 0 Å². The number of rotatable bonds is 5. The van der Waals surface area contributed by atoms with Crippen LogP contribution in [0.1, 0.15) is 16.8 Å². The second-order valence-corrected chi connectivity index (χ2v) is 10.1. The zero-order chi connectivity index (χ0) is 24.6. The Labute approximate surface area is 196 Å². The van der Waals surface area contributed by atoms with Crippen molar-refractivity contribution in [3.05, 3.63) is 86.2 Å². The Morgan fingerprint density at radius 3 is 2.30 bits per heavy atom. The van der Waals surface area contributed by atoms with Crippen molar-refractivity contribution in [3.63, 3.8) is 0 Å². The maximum atomic E-state index is 13.1. The van der Waals surface area contributed by atoms with Gasteiger partial charge in [0.25, 0.3) is 5.56 Å². The summed E-state index contributed by atoms with van der Waals surface area (Å²) in [7, 11) is -4.18. The van der Waals surface area contributed by atoms with Gasteiger partial charge in [0, 0.05) is 15.9 Å². The van der Waals surface area contributed by atoms with E-state index < -0.39 is 44.5 Å². The molecule has 0 saturated heterocycles. The van der Waals surface area contributed by atoms with Gasteiger partial charge in [0.05, 0.1) is 10.5 Å². The summed E-state index contributed by atoms with van der Waals surface area (Å²) in [5.41, 5.74) is -1.39. The number of carbonyl (C=O) groups excluding carboxylic acids is 1. The number of pyridine rings is 1. The number of aryl methyl sites for hydroxylation is 2. The lowest BCUT2D eigenvalue weighted by Gasteiger charge is -2.15. The van der Waals surface area contributed by atoms with E-state index in [0.29, 0.717) is 10.2 Å². The fourth-order valence-electron chi connectivity index (χ4n) is 3.28. The highest BCUT2D eigenvalue weighted by Gasteiger charge is 2.30. The van der Waals surface area contributed by atoms with Gasteiger partial charge in [0.15, 0.2) is 0 Å². The van der Waals surface area contributed by atoms with Gasteiger partial charge in [-0.1, -0.05) is 22.0 Å². The normalized spacial score (nSPS) is 11.9. The summed E-state index contributed by atoms with van der Waals surface area (Å²) in [6.07, 6.45) is -4.58. The number of hydrogen-bond acceptors (Lipinski definition) is 4. The summed E-state index contributed by atoms with van der Waals surface area (Å²) in [5.74, 6) is -0.782. The Balaban J connectivity index is 1.96. The van der Waals surface area contributed by atoms with Gasteiger partial charge in [-0.2, -0.15) is 13.2 Å². The number of alkyl halides is 3. The van der Waals surface area contributed by atoms with Crippen molar-refractivity contribution >= 4 is 37.4 Å².